The number of nitrogens with one attached hydrogen (secondary N) is 1. The fourth-order valence-corrected chi connectivity index (χ4v) is 1.36. The molecule has 0 heterocycles. The lowest BCUT2D eigenvalue weighted by atomic mass is 10.2. The quantitative estimate of drug-likeness (QED) is 0.743. The van der Waals surface area contributed by atoms with Crippen LogP contribution in [0.2, 0.25) is 0 Å². The summed E-state index contributed by atoms with van der Waals surface area (Å²) in [4.78, 5) is 10.8. The van der Waals surface area contributed by atoms with E-state index in [9.17, 15) is 4.79 Å². The number of nitrogens with two attached hydrogens (primary N) is 1. The van der Waals surface area contributed by atoms with Gasteiger partial charge in [-0.15, -0.1) is 0 Å². The van der Waals surface area contributed by atoms with Crippen LogP contribution in [-0.2, 0) is 4.79 Å². The zero-order chi connectivity index (χ0) is 10.0. The van der Waals surface area contributed by atoms with Crippen molar-refractivity contribution in [3.8, 4) is 0 Å². The summed E-state index contributed by atoms with van der Waals surface area (Å²) in [5, 5.41) is 2.66. The number of hydrogen-bond donors (Lipinski definition) is 2. The molecule has 1 aromatic rings. The monoisotopic (exact) mass is 242 g/mol. The average molecular weight is 243 g/mol. The summed E-state index contributed by atoms with van der Waals surface area (Å²) in [7, 11) is 0. The van der Waals surface area contributed by atoms with E-state index in [4.69, 9.17) is 5.73 Å². The van der Waals surface area contributed by atoms with Gasteiger partial charge in [0.05, 0.1) is 11.4 Å². The molecule has 0 aromatic heterocycles. The third-order valence-electron chi connectivity index (χ3n) is 1.64. The van der Waals surface area contributed by atoms with E-state index in [1.165, 1.54) is 6.92 Å². The zero-order valence-corrected chi connectivity index (χ0v) is 9.10. The number of nitrogen functional groups attached to an aromatic ring is 1. The maximum absolute atomic E-state index is 10.8. The van der Waals surface area contributed by atoms with Crippen LogP contribution in [0, 0.1) is 6.92 Å². The molecule has 1 aromatic carbocycles. The predicted octanol–water partition coefficient (Wildman–Crippen LogP) is 2.30. The van der Waals surface area contributed by atoms with Gasteiger partial charge in [-0.05, 0) is 24.6 Å². The lowest BCUT2D eigenvalue weighted by Crippen LogP contribution is -2.08. The molecule has 0 aliphatic rings. The Morgan fingerprint density at radius 1 is 1.54 bits per heavy atom. The summed E-state index contributed by atoms with van der Waals surface area (Å²) in [6.07, 6.45) is 0. The Bertz CT molecular complexity index is 350. The van der Waals surface area contributed by atoms with E-state index >= 15 is 0 Å². The number of carbonyl (C=O) groups is 1. The Kier molecular flexibility index (Phi) is 2.93. The molecule has 0 radical (unpaired) electrons. The second kappa shape index (κ2) is 3.79. The van der Waals surface area contributed by atoms with Crippen LogP contribution in [0.1, 0.15) is 12.5 Å². The molecule has 3 N–H and O–H groups in total. The van der Waals surface area contributed by atoms with Crippen molar-refractivity contribution in [2.75, 3.05) is 11.1 Å². The van der Waals surface area contributed by atoms with Crippen molar-refractivity contribution in [2.45, 2.75) is 13.8 Å². The van der Waals surface area contributed by atoms with Gasteiger partial charge in [0.25, 0.3) is 0 Å². The number of rotatable bonds is 1. The standard InChI is InChI=1S/C9H11BrN2O/c1-5-3-9(12-6(2)13)8(11)4-7(5)10/h3-4H,11H2,1-2H3,(H,12,13). The third-order valence-corrected chi connectivity index (χ3v) is 2.50. The van der Waals surface area contributed by atoms with Crippen LogP contribution in [0.3, 0.4) is 0 Å². The summed E-state index contributed by atoms with van der Waals surface area (Å²) in [5.41, 5.74) is 7.96. The first-order valence-corrected chi connectivity index (χ1v) is 4.63. The Morgan fingerprint density at radius 2 is 2.15 bits per heavy atom. The number of hydrogen-bond acceptors (Lipinski definition) is 2. The summed E-state index contributed by atoms with van der Waals surface area (Å²) < 4.78 is 0.944. The zero-order valence-electron chi connectivity index (χ0n) is 7.52. The minimum atomic E-state index is -0.117. The smallest absolute Gasteiger partial charge is 0.221 e. The average Bonchev–Trinajstić information content (AvgIpc) is 1.99. The van der Waals surface area contributed by atoms with Crippen LogP contribution in [0.4, 0.5) is 11.4 Å². The highest BCUT2D eigenvalue weighted by Gasteiger charge is 2.03. The van der Waals surface area contributed by atoms with Crippen molar-refractivity contribution in [3.05, 3.63) is 22.2 Å². The Balaban J connectivity index is 3.08. The molecule has 0 spiro atoms. The first-order valence-electron chi connectivity index (χ1n) is 3.84. The molecule has 70 valence electrons. The van der Waals surface area contributed by atoms with Crippen LogP contribution in [0.25, 0.3) is 0 Å². The van der Waals surface area contributed by atoms with Gasteiger partial charge in [0.2, 0.25) is 5.91 Å². The van der Waals surface area contributed by atoms with E-state index in [2.05, 4.69) is 21.2 Å². The van der Waals surface area contributed by atoms with Gasteiger partial charge in [0.1, 0.15) is 0 Å². The van der Waals surface area contributed by atoms with Crippen LogP contribution >= 0.6 is 15.9 Å². The van der Waals surface area contributed by atoms with Crippen molar-refractivity contribution in [2.24, 2.45) is 0 Å². The van der Waals surface area contributed by atoms with Gasteiger partial charge >= 0.3 is 0 Å². The topological polar surface area (TPSA) is 55.1 Å². The number of anilines is 2. The van der Waals surface area contributed by atoms with E-state index in [1.807, 2.05) is 13.0 Å². The number of carbonyl (C=O) groups excluding carboxylic acids is 1. The van der Waals surface area contributed by atoms with Crippen molar-refractivity contribution < 1.29 is 4.79 Å². The van der Waals surface area contributed by atoms with Crippen LogP contribution in [-0.4, -0.2) is 5.91 Å². The number of halogens is 1. The molecule has 13 heavy (non-hydrogen) atoms. The molecule has 0 saturated heterocycles. The van der Waals surface area contributed by atoms with E-state index in [0.29, 0.717) is 11.4 Å². The first-order chi connectivity index (χ1) is 6.00. The van der Waals surface area contributed by atoms with Crippen LogP contribution in [0.15, 0.2) is 16.6 Å². The van der Waals surface area contributed by atoms with E-state index in [-0.39, 0.29) is 5.91 Å². The SMILES string of the molecule is CC(=O)Nc1cc(C)c(Br)cc1N. The molecule has 0 atom stereocenters. The van der Waals surface area contributed by atoms with Crippen molar-refractivity contribution in [1.29, 1.82) is 0 Å². The normalized spacial score (nSPS) is 9.77. The third kappa shape index (κ3) is 2.45. The highest BCUT2D eigenvalue weighted by atomic mass is 79.9. The van der Waals surface area contributed by atoms with Gasteiger partial charge < -0.3 is 11.1 Å². The second-order valence-corrected chi connectivity index (χ2v) is 3.72. The highest BCUT2D eigenvalue weighted by molar-refractivity contribution is 9.10. The minimum absolute atomic E-state index is 0.117. The van der Waals surface area contributed by atoms with E-state index in [0.717, 1.165) is 10.0 Å². The highest BCUT2D eigenvalue weighted by Crippen LogP contribution is 2.26. The molecule has 0 aliphatic heterocycles. The molecule has 0 fully saturated rings. The minimum Gasteiger partial charge on any atom is -0.397 e. The van der Waals surface area contributed by atoms with E-state index < -0.39 is 0 Å². The number of benzene rings is 1. The van der Waals surface area contributed by atoms with E-state index in [1.54, 1.807) is 6.07 Å². The van der Waals surface area contributed by atoms with Gasteiger partial charge in [-0.25, -0.2) is 0 Å². The molecule has 0 unspecified atom stereocenters. The molecule has 0 bridgehead atoms. The first kappa shape index (κ1) is 10.1. The van der Waals surface area contributed by atoms with Gasteiger partial charge in [-0.2, -0.15) is 0 Å². The molecular weight excluding hydrogens is 232 g/mol. The van der Waals surface area contributed by atoms with Crippen molar-refractivity contribution >= 4 is 33.2 Å². The Hall–Kier alpha value is -1.03. The molecule has 1 amide bonds. The molecule has 4 heteroatoms. The lowest BCUT2D eigenvalue weighted by molar-refractivity contribution is -0.114. The molecule has 0 aliphatic carbocycles. The number of aryl methyl sites for hydroxylation is 1. The molecule has 0 saturated carbocycles. The van der Waals surface area contributed by atoms with Crippen molar-refractivity contribution in [3.63, 3.8) is 0 Å². The van der Waals surface area contributed by atoms with Gasteiger partial charge in [0.15, 0.2) is 0 Å². The molecule has 3 nitrogen and oxygen atoms in total. The lowest BCUT2D eigenvalue weighted by Gasteiger charge is -2.08. The predicted molar refractivity (Wildman–Crippen MR) is 57.6 cm³/mol. The van der Waals surface area contributed by atoms with Crippen LogP contribution in [0.5, 0.6) is 0 Å². The van der Waals surface area contributed by atoms with Crippen molar-refractivity contribution in [1.82, 2.24) is 0 Å². The maximum Gasteiger partial charge on any atom is 0.221 e. The van der Waals surface area contributed by atoms with Gasteiger partial charge in [-0.3, -0.25) is 4.79 Å². The Labute approximate surface area is 85.4 Å². The fraction of sp³-hybridized carbons (Fsp3) is 0.222. The second-order valence-electron chi connectivity index (χ2n) is 2.87. The summed E-state index contributed by atoms with van der Waals surface area (Å²) in [6, 6.07) is 3.61. The fourth-order valence-electron chi connectivity index (χ4n) is 0.995. The van der Waals surface area contributed by atoms with Gasteiger partial charge in [0, 0.05) is 11.4 Å². The van der Waals surface area contributed by atoms with Gasteiger partial charge in [-0.1, -0.05) is 15.9 Å². The molecule has 1 rings (SSSR count). The summed E-state index contributed by atoms with van der Waals surface area (Å²) in [5.74, 6) is -0.117. The molecular formula is C9H11BrN2O. The van der Waals surface area contributed by atoms with Crippen LogP contribution < -0.4 is 11.1 Å². The maximum atomic E-state index is 10.8. The largest absolute Gasteiger partial charge is 0.397 e. The summed E-state index contributed by atoms with van der Waals surface area (Å²) in [6.45, 7) is 3.39. The summed E-state index contributed by atoms with van der Waals surface area (Å²) >= 11 is 3.35. The number of amides is 1. The Morgan fingerprint density at radius 3 is 2.69 bits per heavy atom.